The zero-order valence-electron chi connectivity index (χ0n) is 8.68. The van der Waals surface area contributed by atoms with Gasteiger partial charge >= 0.3 is 0 Å². The Balaban J connectivity index is 1.92. The van der Waals surface area contributed by atoms with Gasteiger partial charge in [0.1, 0.15) is 0 Å². The van der Waals surface area contributed by atoms with Gasteiger partial charge in [0.2, 0.25) is 0 Å². The molecule has 2 heterocycles. The Bertz CT molecular complexity index is 176. The normalized spacial score (nSPS) is 34.2. The van der Waals surface area contributed by atoms with Crippen molar-refractivity contribution in [2.24, 2.45) is 0 Å². The van der Waals surface area contributed by atoms with Crippen LogP contribution in [0.4, 0.5) is 0 Å². The first-order valence-electron chi connectivity index (χ1n) is 5.35. The van der Waals surface area contributed by atoms with E-state index in [1.807, 2.05) is 0 Å². The molecule has 2 aliphatic rings. The van der Waals surface area contributed by atoms with E-state index in [0.29, 0.717) is 4.87 Å². The van der Waals surface area contributed by atoms with E-state index in [4.69, 9.17) is 0 Å². The minimum atomic E-state index is 0.452. The van der Waals surface area contributed by atoms with Crippen LogP contribution < -0.4 is 5.32 Å². The van der Waals surface area contributed by atoms with Gasteiger partial charge < -0.3 is 10.2 Å². The van der Waals surface area contributed by atoms with Crippen LogP contribution in [-0.2, 0) is 0 Å². The van der Waals surface area contributed by atoms with Crippen molar-refractivity contribution in [2.75, 3.05) is 26.7 Å². The molecule has 13 heavy (non-hydrogen) atoms. The molecular formula is C10H20N2S. The predicted octanol–water partition coefficient (Wildman–Crippen LogP) is 1.52. The first-order valence-corrected chi connectivity index (χ1v) is 6.23. The quantitative estimate of drug-likeness (QED) is 0.691. The van der Waals surface area contributed by atoms with Gasteiger partial charge in [0, 0.05) is 24.9 Å². The average molecular weight is 200 g/mol. The minimum Gasteiger partial charge on any atom is -0.306 e. The van der Waals surface area contributed by atoms with E-state index in [1.54, 1.807) is 0 Å². The van der Waals surface area contributed by atoms with Crippen LogP contribution in [0, 0.1) is 0 Å². The van der Waals surface area contributed by atoms with Crippen molar-refractivity contribution in [1.82, 2.24) is 10.2 Å². The molecule has 0 radical (unpaired) electrons. The summed E-state index contributed by atoms with van der Waals surface area (Å²) in [6.45, 7) is 6.05. The minimum absolute atomic E-state index is 0.452. The summed E-state index contributed by atoms with van der Waals surface area (Å²) in [7, 11) is 2.23. The molecule has 2 rings (SSSR count). The lowest BCUT2D eigenvalue weighted by Crippen LogP contribution is -2.47. The molecule has 0 aromatic carbocycles. The van der Waals surface area contributed by atoms with Crippen LogP contribution in [-0.4, -0.2) is 41.7 Å². The van der Waals surface area contributed by atoms with Gasteiger partial charge in [0.15, 0.2) is 0 Å². The van der Waals surface area contributed by atoms with Gasteiger partial charge in [-0.15, -0.1) is 11.8 Å². The summed E-state index contributed by atoms with van der Waals surface area (Å²) < 4.78 is 0. The molecule has 3 heteroatoms. The molecule has 0 amide bonds. The van der Waals surface area contributed by atoms with Crippen LogP contribution in [0.1, 0.15) is 26.2 Å². The predicted molar refractivity (Wildman–Crippen MR) is 59.1 cm³/mol. The molecule has 2 nitrogen and oxygen atoms in total. The number of likely N-dealkylation sites (tertiary alicyclic amines) is 1. The second-order valence-corrected chi connectivity index (χ2v) is 6.01. The molecule has 2 aliphatic heterocycles. The van der Waals surface area contributed by atoms with Gasteiger partial charge in [-0.05, 0) is 26.3 Å². The summed E-state index contributed by atoms with van der Waals surface area (Å²) >= 11 is 2.20. The molecule has 1 unspecified atom stereocenters. The van der Waals surface area contributed by atoms with Crippen LogP contribution in [0.2, 0.25) is 0 Å². The van der Waals surface area contributed by atoms with Crippen molar-refractivity contribution >= 4 is 11.8 Å². The molecule has 1 atom stereocenters. The number of rotatable bonds is 1. The summed E-state index contributed by atoms with van der Waals surface area (Å²) in [6.07, 6.45) is 3.96. The summed E-state index contributed by atoms with van der Waals surface area (Å²) in [4.78, 5) is 2.89. The molecular weight excluding hydrogens is 180 g/mol. The van der Waals surface area contributed by atoms with E-state index in [0.717, 1.165) is 5.25 Å². The van der Waals surface area contributed by atoms with Gasteiger partial charge in [-0.3, -0.25) is 0 Å². The molecule has 0 aliphatic carbocycles. The Morgan fingerprint density at radius 2 is 2.15 bits per heavy atom. The average Bonchev–Trinajstić information content (AvgIpc) is 2.55. The topological polar surface area (TPSA) is 15.3 Å². The fraction of sp³-hybridized carbons (Fsp3) is 1.00. The van der Waals surface area contributed by atoms with Crippen LogP contribution >= 0.6 is 11.8 Å². The van der Waals surface area contributed by atoms with Crippen molar-refractivity contribution in [3.63, 3.8) is 0 Å². The molecule has 1 spiro atoms. The highest BCUT2D eigenvalue weighted by Gasteiger charge is 2.40. The second kappa shape index (κ2) is 3.79. The van der Waals surface area contributed by atoms with Gasteiger partial charge in [-0.1, -0.05) is 6.92 Å². The summed E-state index contributed by atoms with van der Waals surface area (Å²) in [5.41, 5.74) is 0. The molecule has 0 bridgehead atoms. The van der Waals surface area contributed by atoms with E-state index in [-0.39, 0.29) is 0 Å². The van der Waals surface area contributed by atoms with Gasteiger partial charge in [-0.25, -0.2) is 0 Å². The van der Waals surface area contributed by atoms with Crippen LogP contribution in [0.15, 0.2) is 0 Å². The molecule has 76 valence electrons. The Hall–Kier alpha value is 0.270. The first-order chi connectivity index (χ1) is 6.24. The molecule has 0 aromatic rings. The second-order valence-electron chi connectivity index (χ2n) is 4.33. The highest BCUT2D eigenvalue weighted by atomic mass is 32.2. The van der Waals surface area contributed by atoms with Gasteiger partial charge in [-0.2, -0.15) is 0 Å². The van der Waals surface area contributed by atoms with E-state index >= 15 is 0 Å². The van der Waals surface area contributed by atoms with Crippen molar-refractivity contribution < 1.29 is 0 Å². The van der Waals surface area contributed by atoms with Gasteiger partial charge in [0.25, 0.3) is 0 Å². The summed E-state index contributed by atoms with van der Waals surface area (Å²) in [5, 5.41) is 4.59. The number of piperidine rings is 1. The number of nitrogens with zero attached hydrogens (tertiary/aromatic N) is 1. The highest BCUT2D eigenvalue weighted by Crippen LogP contribution is 2.41. The number of hydrogen-bond donors (Lipinski definition) is 1. The van der Waals surface area contributed by atoms with E-state index in [2.05, 4.69) is 35.9 Å². The van der Waals surface area contributed by atoms with E-state index in [9.17, 15) is 0 Å². The van der Waals surface area contributed by atoms with Crippen LogP contribution in [0.5, 0.6) is 0 Å². The Morgan fingerprint density at radius 1 is 1.46 bits per heavy atom. The monoisotopic (exact) mass is 200 g/mol. The van der Waals surface area contributed by atoms with Gasteiger partial charge in [0.05, 0.1) is 4.87 Å². The Kier molecular flexibility index (Phi) is 2.86. The van der Waals surface area contributed by atoms with E-state index < -0.39 is 0 Å². The van der Waals surface area contributed by atoms with Crippen molar-refractivity contribution in [2.45, 2.75) is 36.3 Å². The van der Waals surface area contributed by atoms with Crippen LogP contribution in [0.25, 0.3) is 0 Å². The molecule has 2 fully saturated rings. The maximum atomic E-state index is 3.73. The fourth-order valence-electron chi connectivity index (χ4n) is 2.20. The third-order valence-corrected chi connectivity index (χ3v) is 5.13. The maximum Gasteiger partial charge on any atom is 0.0673 e. The fourth-order valence-corrected chi connectivity index (χ4v) is 3.76. The standard InChI is InChI=1S/C10H20N2S/c1-3-9-8-11-10(13-9)4-6-12(2)7-5-10/h9,11H,3-8H2,1-2H3. The van der Waals surface area contributed by atoms with Crippen molar-refractivity contribution in [3.05, 3.63) is 0 Å². The third-order valence-electron chi connectivity index (χ3n) is 3.29. The maximum absolute atomic E-state index is 3.73. The SMILES string of the molecule is CCC1CNC2(CCN(C)CC2)S1. The Labute approximate surface area is 85.4 Å². The van der Waals surface area contributed by atoms with E-state index in [1.165, 1.54) is 38.9 Å². The summed E-state index contributed by atoms with van der Waals surface area (Å²) in [6, 6.07) is 0. The lowest BCUT2D eigenvalue weighted by atomic mass is 10.0. The zero-order chi connectivity index (χ0) is 9.31. The highest BCUT2D eigenvalue weighted by molar-refractivity contribution is 8.01. The lowest BCUT2D eigenvalue weighted by molar-refractivity contribution is 0.223. The smallest absolute Gasteiger partial charge is 0.0673 e. The number of nitrogens with one attached hydrogen (secondary N) is 1. The van der Waals surface area contributed by atoms with Crippen LogP contribution in [0.3, 0.4) is 0 Å². The van der Waals surface area contributed by atoms with Crippen molar-refractivity contribution in [3.8, 4) is 0 Å². The third kappa shape index (κ3) is 2.03. The molecule has 0 aromatic heterocycles. The molecule has 1 N–H and O–H groups in total. The first kappa shape index (κ1) is 9.81. The molecule has 0 saturated carbocycles. The summed E-state index contributed by atoms with van der Waals surface area (Å²) in [5.74, 6) is 0. The largest absolute Gasteiger partial charge is 0.306 e. The number of hydrogen-bond acceptors (Lipinski definition) is 3. The Morgan fingerprint density at radius 3 is 2.69 bits per heavy atom. The molecule has 2 saturated heterocycles. The lowest BCUT2D eigenvalue weighted by Gasteiger charge is -2.37. The number of thioether (sulfide) groups is 1. The van der Waals surface area contributed by atoms with Crippen molar-refractivity contribution in [1.29, 1.82) is 0 Å². The zero-order valence-corrected chi connectivity index (χ0v) is 9.49.